The molecule has 11 heteroatoms. The van der Waals surface area contributed by atoms with Gasteiger partial charge in [0, 0.05) is 32.7 Å². The highest BCUT2D eigenvalue weighted by atomic mass is 19.3. The van der Waals surface area contributed by atoms with Crippen LogP contribution in [0.5, 0.6) is 5.75 Å². The number of carbonyl (C=O) groups is 1. The van der Waals surface area contributed by atoms with E-state index in [2.05, 4.69) is 15.0 Å². The Kier molecular flexibility index (Phi) is 5.76. The van der Waals surface area contributed by atoms with Crippen LogP contribution in [0.3, 0.4) is 0 Å². The molecular weight excluding hydrogens is 388 g/mol. The lowest BCUT2D eigenvalue weighted by Gasteiger charge is -2.08. The zero-order valence-electron chi connectivity index (χ0n) is 15.8. The predicted molar refractivity (Wildman–Crippen MR) is 101 cm³/mol. The van der Waals surface area contributed by atoms with Gasteiger partial charge in [0.2, 0.25) is 5.91 Å². The summed E-state index contributed by atoms with van der Waals surface area (Å²) in [6.45, 7) is -2.55. The van der Waals surface area contributed by atoms with E-state index in [0.717, 1.165) is 4.57 Å². The zero-order valence-corrected chi connectivity index (χ0v) is 15.8. The highest BCUT2D eigenvalue weighted by molar-refractivity contribution is 5.90. The number of aromatic nitrogens is 4. The molecule has 0 saturated carbocycles. The van der Waals surface area contributed by atoms with Crippen molar-refractivity contribution < 1.29 is 18.3 Å². The number of nitrogens with zero attached hydrogens (tertiary/aromatic N) is 4. The van der Waals surface area contributed by atoms with Gasteiger partial charge in [-0.2, -0.15) is 8.78 Å². The van der Waals surface area contributed by atoms with Crippen LogP contribution in [0, 0.1) is 0 Å². The Morgan fingerprint density at radius 1 is 1.17 bits per heavy atom. The summed E-state index contributed by atoms with van der Waals surface area (Å²) in [6, 6.07) is 5.59. The number of aryl methyl sites for hydroxylation is 2. The minimum absolute atomic E-state index is 0.000894. The SMILES string of the molecule is Cn1c(=O)c2c(ncn2CCCC(=O)Nc2ccc(OC(F)F)cc2)n(C)c1=O. The van der Waals surface area contributed by atoms with Gasteiger partial charge in [-0.25, -0.2) is 9.78 Å². The van der Waals surface area contributed by atoms with E-state index in [0.29, 0.717) is 24.2 Å². The Labute approximate surface area is 163 Å². The number of hydrogen-bond donors (Lipinski definition) is 1. The molecule has 3 aromatic rings. The van der Waals surface area contributed by atoms with Crippen molar-refractivity contribution in [2.75, 3.05) is 5.32 Å². The summed E-state index contributed by atoms with van der Waals surface area (Å²) >= 11 is 0. The lowest BCUT2D eigenvalue weighted by Crippen LogP contribution is -2.37. The van der Waals surface area contributed by atoms with Crippen LogP contribution >= 0.6 is 0 Å². The molecule has 1 aromatic carbocycles. The predicted octanol–water partition coefficient (Wildman–Crippen LogP) is 1.45. The molecule has 1 N–H and O–H groups in total. The second-order valence-electron chi connectivity index (χ2n) is 6.37. The summed E-state index contributed by atoms with van der Waals surface area (Å²) in [5, 5.41) is 2.66. The monoisotopic (exact) mass is 407 g/mol. The maximum atomic E-state index is 12.4. The van der Waals surface area contributed by atoms with E-state index in [1.165, 1.54) is 49.3 Å². The first-order valence-electron chi connectivity index (χ1n) is 8.73. The van der Waals surface area contributed by atoms with Gasteiger partial charge in [0.15, 0.2) is 11.2 Å². The van der Waals surface area contributed by atoms with Crippen LogP contribution in [-0.4, -0.2) is 31.2 Å². The molecule has 1 amide bonds. The molecule has 0 bridgehead atoms. The molecule has 0 aliphatic carbocycles. The van der Waals surface area contributed by atoms with Gasteiger partial charge in [0.1, 0.15) is 5.75 Å². The Bertz CT molecular complexity index is 1150. The topological polar surface area (TPSA) is 100 Å². The number of ether oxygens (including phenoxy) is 1. The van der Waals surface area contributed by atoms with E-state index in [4.69, 9.17) is 0 Å². The summed E-state index contributed by atoms with van der Waals surface area (Å²) in [5.74, 6) is -0.266. The molecule has 0 atom stereocenters. The molecule has 0 aliphatic rings. The minimum atomic E-state index is -2.91. The van der Waals surface area contributed by atoms with Gasteiger partial charge >= 0.3 is 12.3 Å². The summed E-state index contributed by atoms with van der Waals surface area (Å²) in [6.07, 6.45) is 2.06. The van der Waals surface area contributed by atoms with Crippen molar-refractivity contribution in [2.24, 2.45) is 14.1 Å². The van der Waals surface area contributed by atoms with Crippen LogP contribution in [0.25, 0.3) is 11.2 Å². The Hall–Kier alpha value is -3.50. The quantitative estimate of drug-likeness (QED) is 0.639. The van der Waals surface area contributed by atoms with Crippen molar-refractivity contribution in [2.45, 2.75) is 26.0 Å². The largest absolute Gasteiger partial charge is 0.435 e. The van der Waals surface area contributed by atoms with E-state index in [1.807, 2.05) is 0 Å². The first-order chi connectivity index (χ1) is 13.8. The van der Waals surface area contributed by atoms with Crippen molar-refractivity contribution >= 4 is 22.8 Å². The number of anilines is 1. The third-order valence-electron chi connectivity index (χ3n) is 4.38. The average Bonchev–Trinajstić information content (AvgIpc) is 3.10. The summed E-state index contributed by atoms with van der Waals surface area (Å²) in [5.41, 5.74) is 0.125. The summed E-state index contributed by atoms with van der Waals surface area (Å²) < 4.78 is 32.4. The van der Waals surface area contributed by atoms with E-state index in [9.17, 15) is 23.2 Å². The Morgan fingerprint density at radius 2 is 1.86 bits per heavy atom. The van der Waals surface area contributed by atoms with Crippen LogP contribution in [0.2, 0.25) is 0 Å². The maximum absolute atomic E-state index is 12.4. The highest BCUT2D eigenvalue weighted by Gasteiger charge is 2.14. The molecule has 2 aromatic heterocycles. The van der Waals surface area contributed by atoms with Crippen LogP contribution in [-0.2, 0) is 25.4 Å². The minimum Gasteiger partial charge on any atom is -0.435 e. The first kappa shape index (κ1) is 20.2. The second-order valence-corrected chi connectivity index (χ2v) is 6.37. The Morgan fingerprint density at radius 3 is 2.52 bits per heavy atom. The van der Waals surface area contributed by atoms with E-state index < -0.39 is 17.9 Å². The van der Waals surface area contributed by atoms with Gasteiger partial charge in [0.25, 0.3) is 5.56 Å². The van der Waals surface area contributed by atoms with Gasteiger partial charge in [-0.05, 0) is 30.7 Å². The van der Waals surface area contributed by atoms with E-state index >= 15 is 0 Å². The molecule has 0 spiro atoms. The Balaban J connectivity index is 1.61. The molecule has 29 heavy (non-hydrogen) atoms. The average molecular weight is 407 g/mol. The third-order valence-corrected chi connectivity index (χ3v) is 4.38. The standard InChI is InChI=1S/C18H19F2N5O4/c1-23-15-14(16(27)24(2)18(23)28)25(10-21-15)9-3-4-13(26)22-11-5-7-12(8-6-11)29-17(19)20/h5-8,10,17H,3-4,9H2,1-2H3,(H,22,26). The lowest BCUT2D eigenvalue weighted by atomic mass is 10.2. The van der Waals surface area contributed by atoms with E-state index in [1.54, 1.807) is 4.57 Å². The normalized spacial score (nSPS) is 11.2. The smallest absolute Gasteiger partial charge is 0.387 e. The van der Waals surface area contributed by atoms with Crippen molar-refractivity contribution in [3.05, 3.63) is 51.4 Å². The number of nitrogens with one attached hydrogen (secondary N) is 1. The number of hydrogen-bond acceptors (Lipinski definition) is 5. The van der Waals surface area contributed by atoms with Crippen molar-refractivity contribution in [3.63, 3.8) is 0 Å². The molecule has 0 unspecified atom stereocenters. The third kappa shape index (κ3) is 4.33. The van der Waals surface area contributed by atoms with E-state index in [-0.39, 0.29) is 23.7 Å². The summed E-state index contributed by atoms with van der Waals surface area (Å²) in [4.78, 5) is 40.5. The van der Waals surface area contributed by atoms with Crippen LogP contribution in [0.15, 0.2) is 40.2 Å². The number of alkyl halides is 2. The number of carbonyl (C=O) groups excluding carboxylic acids is 1. The van der Waals surface area contributed by atoms with Crippen LogP contribution < -0.4 is 21.3 Å². The number of fused-ring (bicyclic) bond motifs is 1. The zero-order chi connectivity index (χ0) is 21.1. The highest BCUT2D eigenvalue weighted by Crippen LogP contribution is 2.18. The number of imidazole rings is 1. The fourth-order valence-electron chi connectivity index (χ4n) is 2.92. The molecule has 0 fully saturated rings. The molecule has 0 saturated heterocycles. The molecule has 2 heterocycles. The second kappa shape index (κ2) is 8.25. The lowest BCUT2D eigenvalue weighted by molar-refractivity contribution is -0.116. The molecule has 154 valence electrons. The van der Waals surface area contributed by atoms with Crippen molar-refractivity contribution in [3.8, 4) is 5.75 Å². The van der Waals surface area contributed by atoms with Crippen molar-refractivity contribution in [1.29, 1.82) is 0 Å². The number of rotatable bonds is 7. The molecule has 0 radical (unpaired) electrons. The van der Waals surface area contributed by atoms with Gasteiger partial charge in [0.05, 0.1) is 6.33 Å². The fraction of sp³-hybridized carbons (Fsp3) is 0.333. The van der Waals surface area contributed by atoms with Crippen LogP contribution in [0.1, 0.15) is 12.8 Å². The van der Waals surface area contributed by atoms with Gasteiger partial charge in [-0.3, -0.25) is 18.7 Å². The number of benzene rings is 1. The van der Waals surface area contributed by atoms with Crippen LogP contribution in [0.4, 0.5) is 14.5 Å². The summed E-state index contributed by atoms with van der Waals surface area (Å²) in [7, 11) is 2.93. The van der Waals surface area contributed by atoms with Gasteiger partial charge in [-0.1, -0.05) is 0 Å². The molecule has 3 rings (SSSR count). The molecule has 0 aliphatic heterocycles. The first-order valence-corrected chi connectivity index (χ1v) is 8.73. The van der Waals surface area contributed by atoms with Gasteiger partial charge in [-0.15, -0.1) is 0 Å². The molecular formula is C18H19F2N5O4. The van der Waals surface area contributed by atoms with Gasteiger partial charge < -0.3 is 14.6 Å². The fourth-order valence-corrected chi connectivity index (χ4v) is 2.92. The molecule has 9 nitrogen and oxygen atoms in total. The number of halogens is 2. The number of amides is 1. The maximum Gasteiger partial charge on any atom is 0.387 e. The van der Waals surface area contributed by atoms with Crippen molar-refractivity contribution in [1.82, 2.24) is 18.7 Å².